The molecule has 16 heavy (non-hydrogen) atoms. The Balaban J connectivity index is 2.65. The third-order valence-electron chi connectivity index (χ3n) is 2.98. The van der Waals surface area contributed by atoms with Crippen molar-refractivity contribution in [3.8, 4) is 0 Å². The fraction of sp³-hybridized carbons (Fsp3) is 0.538. The quantitative estimate of drug-likeness (QED) is 0.719. The number of aliphatic hydroxyl groups is 1. The molecule has 0 aliphatic heterocycles. The van der Waals surface area contributed by atoms with Crippen molar-refractivity contribution in [3.63, 3.8) is 0 Å². The van der Waals surface area contributed by atoms with E-state index in [1.165, 1.54) is 0 Å². The molecule has 0 aliphatic carbocycles. The Kier molecular flexibility index (Phi) is 5.29. The van der Waals surface area contributed by atoms with Gasteiger partial charge in [0.15, 0.2) is 0 Å². The molecule has 0 aromatic heterocycles. The zero-order valence-corrected chi connectivity index (χ0v) is 10.2. The lowest BCUT2D eigenvalue weighted by Gasteiger charge is -2.18. The van der Waals surface area contributed by atoms with E-state index in [-0.39, 0.29) is 6.61 Å². The summed E-state index contributed by atoms with van der Waals surface area (Å²) in [7, 11) is 0. The van der Waals surface area contributed by atoms with Crippen LogP contribution in [0.3, 0.4) is 0 Å². The number of benzene rings is 1. The van der Waals surface area contributed by atoms with Crippen LogP contribution in [-0.4, -0.2) is 29.6 Å². The third-order valence-corrected chi connectivity index (χ3v) is 2.98. The first-order valence-corrected chi connectivity index (χ1v) is 5.91. The van der Waals surface area contributed by atoms with Gasteiger partial charge < -0.3 is 15.7 Å². The van der Waals surface area contributed by atoms with E-state index in [1.807, 2.05) is 18.2 Å². The van der Waals surface area contributed by atoms with E-state index >= 15 is 0 Å². The lowest BCUT2D eigenvalue weighted by molar-refractivity contribution is 0.281. The van der Waals surface area contributed by atoms with Gasteiger partial charge >= 0.3 is 0 Å². The van der Waals surface area contributed by atoms with Crippen molar-refractivity contribution in [3.05, 3.63) is 29.3 Å². The van der Waals surface area contributed by atoms with E-state index in [4.69, 9.17) is 10.8 Å². The highest BCUT2D eigenvalue weighted by Gasteiger charge is 2.04. The van der Waals surface area contributed by atoms with Gasteiger partial charge in [0.25, 0.3) is 0 Å². The van der Waals surface area contributed by atoms with Gasteiger partial charge in [0, 0.05) is 12.2 Å². The van der Waals surface area contributed by atoms with Crippen LogP contribution in [0.5, 0.6) is 0 Å². The topological polar surface area (TPSA) is 49.5 Å². The molecule has 0 atom stereocenters. The zero-order chi connectivity index (χ0) is 12.0. The van der Waals surface area contributed by atoms with Gasteiger partial charge in [0.1, 0.15) is 0 Å². The summed E-state index contributed by atoms with van der Waals surface area (Å²) in [6.07, 6.45) is 0.946. The molecule has 0 heterocycles. The minimum Gasteiger partial charge on any atom is -0.399 e. The largest absolute Gasteiger partial charge is 0.399 e. The fourth-order valence-corrected chi connectivity index (χ4v) is 1.79. The molecule has 1 rings (SSSR count). The monoisotopic (exact) mass is 222 g/mol. The number of nitrogen functional groups attached to an aromatic ring is 1. The Hall–Kier alpha value is -1.06. The summed E-state index contributed by atoms with van der Waals surface area (Å²) in [6, 6.07) is 5.75. The molecule has 90 valence electrons. The van der Waals surface area contributed by atoms with Crippen LogP contribution in [-0.2, 0) is 13.0 Å². The second-order valence-corrected chi connectivity index (χ2v) is 3.97. The molecule has 3 heteroatoms. The van der Waals surface area contributed by atoms with E-state index in [9.17, 15) is 0 Å². The number of hydrogen-bond donors (Lipinski definition) is 2. The molecule has 0 bridgehead atoms. The molecule has 3 N–H and O–H groups in total. The lowest BCUT2D eigenvalue weighted by Crippen LogP contribution is -2.25. The van der Waals surface area contributed by atoms with Crippen molar-refractivity contribution in [1.29, 1.82) is 0 Å². The van der Waals surface area contributed by atoms with Gasteiger partial charge in [-0.1, -0.05) is 26.0 Å². The van der Waals surface area contributed by atoms with Crippen LogP contribution in [0, 0.1) is 0 Å². The Morgan fingerprint density at radius 1 is 1.25 bits per heavy atom. The van der Waals surface area contributed by atoms with Gasteiger partial charge in [0.2, 0.25) is 0 Å². The van der Waals surface area contributed by atoms with Crippen molar-refractivity contribution in [2.24, 2.45) is 0 Å². The fourth-order valence-electron chi connectivity index (χ4n) is 1.79. The minimum atomic E-state index is 0.0819. The highest BCUT2D eigenvalue weighted by Crippen LogP contribution is 2.15. The molecule has 0 spiro atoms. The summed E-state index contributed by atoms with van der Waals surface area (Å²) in [5.74, 6) is 0. The molecule has 0 amide bonds. The van der Waals surface area contributed by atoms with Crippen LogP contribution in [0.1, 0.15) is 25.0 Å². The van der Waals surface area contributed by atoms with Crippen molar-refractivity contribution in [2.45, 2.75) is 26.9 Å². The van der Waals surface area contributed by atoms with Crippen LogP contribution in [0.25, 0.3) is 0 Å². The Labute approximate surface area is 97.9 Å². The van der Waals surface area contributed by atoms with Gasteiger partial charge in [-0.25, -0.2) is 0 Å². The van der Waals surface area contributed by atoms with Crippen molar-refractivity contribution >= 4 is 5.69 Å². The first-order chi connectivity index (χ1) is 7.71. The zero-order valence-electron chi connectivity index (χ0n) is 10.2. The molecule has 0 fully saturated rings. The van der Waals surface area contributed by atoms with Crippen molar-refractivity contribution < 1.29 is 5.11 Å². The van der Waals surface area contributed by atoms with Crippen molar-refractivity contribution in [2.75, 3.05) is 25.4 Å². The maximum absolute atomic E-state index is 9.07. The van der Waals surface area contributed by atoms with Gasteiger partial charge in [0.05, 0.1) is 6.61 Å². The van der Waals surface area contributed by atoms with E-state index in [0.29, 0.717) is 0 Å². The molecule has 1 aromatic carbocycles. The van der Waals surface area contributed by atoms with Gasteiger partial charge in [-0.3, -0.25) is 0 Å². The van der Waals surface area contributed by atoms with Crippen LogP contribution >= 0.6 is 0 Å². The van der Waals surface area contributed by atoms with E-state index < -0.39 is 0 Å². The number of anilines is 1. The average molecular weight is 222 g/mol. The van der Waals surface area contributed by atoms with Crippen LogP contribution in [0.2, 0.25) is 0 Å². The molecule has 0 radical (unpaired) electrons. The normalized spacial score (nSPS) is 11.0. The minimum absolute atomic E-state index is 0.0819. The maximum atomic E-state index is 9.07. The summed E-state index contributed by atoms with van der Waals surface area (Å²) in [5, 5.41) is 9.07. The number of nitrogens with two attached hydrogens (primary N) is 1. The lowest BCUT2D eigenvalue weighted by atomic mass is 10.1. The molecule has 3 nitrogen and oxygen atoms in total. The highest BCUT2D eigenvalue weighted by molar-refractivity contribution is 5.48. The highest BCUT2D eigenvalue weighted by atomic mass is 16.3. The second kappa shape index (κ2) is 6.51. The number of hydrogen-bond acceptors (Lipinski definition) is 3. The average Bonchev–Trinajstić information content (AvgIpc) is 2.32. The summed E-state index contributed by atoms with van der Waals surface area (Å²) in [6.45, 7) is 7.56. The van der Waals surface area contributed by atoms with Crippen molar-refractivity contribution in [1.82, 2.24) is 4.90 Å². The predicted octanol–water partition coefficient (Wildman–Crippen LogP) is 1.65. The standard InChI is InChI=1S/C13H22N2O/c1-3-15(4-2)8-7-12-9-11(10-16)5-6-13(12)14/h5-6,9,16H,3-4,7-8,10,14H2,1-2H3. The van der Waals surface area contributed by atoms with Crippen LogP contribution in [0.15, 0.2) is 18.2 Å². The van der Waals surface area contributed by atoms with Crippen LogP contribution in [0.4, 0.5) is 5.69 Å². The SMILES string of the molecule is CCN(CC)CCc1cc(CO)ccc1N. The molecule has 0 unspecified atom stereocenters. The Morgan fingerprint density at radius 2 is 1.94 bits per heavy atom. The summed E-state index contributed by atoms with van der Waals surface area (Å²) in [5.41, 5.74) is 8.81. The van der Waals surface area contributed by atoms with Crippen LogP contribution < -0.4 is 5.73 Å². The Morgan fingerprint density at radius 3 is 2.50 bits per heavy atom. The summed E-state index contributed by atoms with van der Waals surface area (Å²) >= 11 is 0. The smallest absolute Gasteiger partial charge is 0.0681 e. The first kappa shape index (κ1) is 13.0. The molecule has 0 aliphatic rings. The molecule has 1 aromatic rings. The van der Waals surface area contributed by atoms with E-state index in [1.54, 1.807) is 0 Å². The van der Waals surface area contributed by atoms with Gasteiger partial charge in [-0.05, 0) is 36.7 Å². The number of likely N-dealkylation sites (N-methyl/N-ethyl adjacent to an activating group) is 1. The summed E-state index contributed by atoms with van der Waals surface area (Å²) < 4.78 is 0. The molecule has 0 saturated heterocycles. The van der Waals surface area contributed by atoms with Gasteiger partial charge in [-0.2, -0.15) is 0 Å². The number of aliphatic hydroxyl groups excluding tert-OH is 1. The Bertz CT molecular complexity index is 322. The first-order valence-electron chi connectivity index (χ1n) is 5.91. The van der Waals surface area contributed by atoms with Gasteiger partial charge in [-0.15, -0.1) is 0 Å². The maximum Gasteiger partial charge on any atom is 0.0681 e. The number of rotatable bonds is 6. The molecular formula is C13H22N2O. The molecule has 0 saturated carbocycles. The number of nitrogens with zero attached hydrogens (tertiary/aromatic N) is 1. The van der Waals surface area contributed by atoms with E-state index in [2.05, 4.69) is 18.7 Å². The molecular weight excluding hydrogens is 200 g/mol. The third kappa shape index (κ3) is 3.51. The summed E-state index contributed by atoms with van der Waals surface area (Å²) in [4.78, 5) is 2.37. The van der Waals surface area contributed by atoms with E-state index in [0.717, 1.165) is 42.9 Å². The second-order valence-electron chi connectivity index (χ2n) is 3.97. The predicted molar refractivity (Wildman–Crippen MR) is 68.3 cm³/mol.